The number of hydrogen-bond acceptors (Lipinski definition) is 3. The van der Waals surface area contributed by atoms with E-state index in [4.69, 9.17) is 4.74 Å². The summed E-state index contributed by atoms with van der Waals surface area (Å²) in [5, 5.41) is 13.2. The summed E-state index contributed by atoms with van der Waals surface area (Å²) in [6.07, 6.45) is -0.364. The van der Waals surface area contributed by atoms with Crippen molar-refractivity contribution in [3.8, 4) is 5.75 Å². The Bertz CT molecular complexity index is 338. The van der Waals surface area contributed by atoms with Crippen LogP contribution in [0, 0.1) is 5.92 Å². The lowest BCUT2D eigenvalue weighted by atomic mass is 9.92. The molecule has 0 fully saturated rings. The highest BCUT2D eigenvalue weighted by Crippen LogP contribution is 2.35. The molecule has 2 unspecified atom stereocenters. The first kappa shape index (κ1) is 9.34. The number of aliphatic hydroxyl groups excluding tert-OH is 1. The number of methoxy groups -OCH3 is 1. The fourth-order valence-corrected chi connectivity index (χ4v) is 1.76. The molecule has 0 amide bonds. The minimum Gasteiger partial charge on any atom is -0.497 e. The third-order valence-corrected chi connectivity index (χ3v) is 2.73. The Kier molecular flexibility index (Phi) is 2.33. The second kappa shape index (κ2) is 3.50. The maximum Gasteiger partial charge on any atom is 0.120 e. The summed E-state index contributed by atoms with van der Waals surface area (Å²) in [5.41, 5.74) is 1.94. The van der Waals surface area contributed by atoms with Gasteiger partial charge < -0.3 is 15.2 Å². The van der Waals surface area contributed by atoms with Crippen molar-refractivity contribution in [1.29, 1.82) is 0 Å². The Morgan fingerprint density at radius 1 is 1.50 bits per heavy atom. The average molecular weight is 193 g/mol. The second-order valence-electron chi connectivity index (χ2n) is 3.76. The van der Waals surface area contributed by atoms with Crippen molar-refractivity contribution in [2.45, 2.75) is 13.0 Å². The Balaban J connectivity index is 2.38. The lowest BCUT2D eigenvalue weighted by Gasteiger charge is -2.28. The average Bonchev–Trinajstić information content (AvgIpc) is 2.23. The minimum absolute atomic E-state index is 0.260. The molecule has 2 atom stereocenters. The Labute approximate surface area is 83.7 Å². The Hall–Kier alpha value is -1.22. The van der Waals surface area contributed by atoms with E-state index in [-0.39, 0.29) is 12.0 Å². The lowest BCUT2D eigenvalue weighted by Crippen LogP contribution is -2.25. The number of benzene rings is 1. The van der Waals surface area contributed by atoms with E-state index in [1.165, 1.54) is 0 Å². The van der Waals surface area contributed by atoms with E-state index >= 15 is 0 Å². The smallest absolute Gasteiger partial charge is 0.120 e. The van der Waals surface area contributed by atoms with Crippen molar-refractivity contribution in [2.24, 2.45) is 5.92 Å². The highest BCUT2D eigenvalue weighted by molar-refractivity contribution is 5.57. The number of aliphatic hydroxyl groups is 1. The lowest BCUT2D eigenvalue weighted by molar-refractivity contribution is 0.120. The van der Waals surface area contributed by atoms with E-state index in [0.717, 1.165) is 23.5 Å². The fraction of sp³-hybridized carbons (Fsp3) is 0.455. The number of ether oxygens (including phenoxy) is 1. The van der Waals surface area contributed by atoms with E-state index in [2.05, 4.69) is 5.32 Å². The quantitative estimate of drug-likeness (QED) is 0.714. The van der Waals surface area contributed by atoms with Gasteiger partial charge in [0.05, 0.1) is 13.2 Å². The standard InChI is InChI=1S/C11H15NO2/c1-7-6-12-10-5-8(14-2)3-4-9(10)11(7)13/h3-5,7,11-13H,6H2,1-2H3. The molecule has 0 aromatic heterocycles. The molecule has 0 spiro atoms. The first-order valence-corrected chi connectivity index (χ1v) is 4.82. The predicted octanol–water partition coefficient (Wildman–Crippen LogP) is 1.79. The van der Waals surface area contributed by atoms with Gasteiger partial charge >= 0.3 is 0 Å². The summed E-state index contributed by atoms with van der Waals surface area (Å²) in [5.74, 6) is 1.08. The number of fused-ring (bicyclic) bond motifs is 1. The highest BCUT2D eigenvalue weighted by atomic mass is 16.5. The zero-order chi connectivity index (χ0) is 10.1. The van der Waals surface area contributed by atoms with Gasteiger partial charge in [-0.25, -0.2) is 0 Å². The molecule has 1 aromatic rings. The van der Waals surface area contributed by atoms with E-state index in [9.17, 15) is 5.11 Å². The number of nitrogens with one attached hydrogen (secondary N) is 1. The molecule has 1 aliphatic rings. The van der Waals surface area contributed by atoms with Gasteiger partial charge in [-0.15, -0.1) is 0 Å². The maximum absolute atomic E-state index is 9.91. The third-order valence-electron chi connectivity index (χ3n) is 2.73. The number of hydrogen-bond donors (Lipinski definition) is 2. The molecule has 1 heterocycles. The van der Waals surface area contributed by atoms with Crippen molar-refractivity contribution < 1.29 is 9.84 Å². The van der Waals surface area contributed by atoms with Crippen molar-refractivity contribution in [3.05, 3.63) is 23.8 Å². The van der Waals surface area contributed by atoms with Gasteiger partial charge in [-0.2, -0.15) is 0 Å². The number of anilines is 1. The molecule has 3 heteroatoms. The van der Waals surface area contributed by atoms with Crippen molar-refractivity contribution in [2.75, 3.05) is 19.0 Å². The summed E-state index contributed by atoms with van der Waals surface area (Å²) in [7, 11) is 1.64. The molecule has 0 bridgehead atoms. The molecule has 2 N–H and O–H groups in total. The second-order valence-corrected chi connectivity index (χ2v) is 3.76. The number of rotatable bonds is 1. The molecule has 76 valence electrons. The zero-order valence-corrected chi connectivity index (χ0v) is 8.45. The van der Waals surface area contributed by atoms with Crippen molar-refractivity contribution >= 4 is 5.69 Å². The summed E-state index contributed by atoms with van der Waals surface area (Å²) in [6.45, 7) is 2.84. The van der Waals surface area contributed by atoms with E-state index in [1.807, 2.05) is 25.1 Å². The van der Waals surface area contributed by atoms with Crippen LogP contribution in [0.5, 0.6) is 5.75 Å². The molecule has 1 aliphatic heterocycles. The van der Waals surface area contributed by atoms with E-state index < -0.39 is 0 Å². The van der Waals surface area contributed by atoms with Gasteiger partial charge in [0, 0.05) is 29.8 Å². The highest BCUT2D eigenvalue weighted by Gasteiger charge is 2.24. The molecular weight excluding hydrogens is 178 g/mol. The van der Waals surface area contributed by atoms with Crippen LogP contribution in [-0.2, 0) is 0 Å². The van der Waals surface area contributed by atoms with Gasteiger partial charge in [0.1, 0.15) is 5.75 Å². The van der Waals surface area contributed by atoms with Gasteiger partial charge in [0.2, 0.25) is 0 Å². The first-order chi connectivity index (χ1) is 6.72. The normalized spacial score (nSPS) is 25.1. The van der Waals surface area contributed by atoms with E-state index in [0.29, 0.717) is 0 Å². The largest absolute Gasteiger partial charge is 0.497 e. The molecule has 3 nitrogen and oxygen atoms in total. The van der Waals surface area contributed by atoms with Gasteiger partial charge in [0.15, 0.2) is 0 Å². The molecule has 1 aromatic carbocycles. The van der Waals surface area contributed by atoms with E-state index in [1.54, 1.807) is 7.11 Å². The van der Waals surface area contributed by atoms with Gasteiger partial charge in [-0.1, -0.05) is 13.0 Å². The molecule has 0 saturated carbocycles. The summed E-state index contributed by atoms with van der Waals surface area (Å²) >= 11 is 0. The van der Waals surface area contributed by atoms with Gasteiger partial charge in [-0.05, 0) is 6.07 Å². The van der Waals surface area contributed by atoms with Gasteiger partial charge in [-0.3, -0.25) is 0 Å². The summed E-state index contributed by atoms with van der Waals surface area (Å²) in [6, 6.07) is 5.72. The van der Waals surface area contributed by atoms with Crippen LogP contribution in [0.2, 0.25) is 0 Å². The SMILES string of the molecule is COc1ccc2c(c1)NCC(C)C2O. The van der Waals surface area contributed by atoms with Crippen LogP contribution in [0.15, 0.2) is 18.2 Å². The first-order valence-electron chi connectivity index (χ1n) is 4.82. The van der Waals surface area contributed by atoms with Crippen LogP contribution in [0.25, 0.3) is 0 Å². The Morgan fingerprint density at radius 3 is 3.00 bits per heavy atom. The molecule has 2 rings (SSSR count). The maximum atomic E-state index is 9.91. The van der Waals surface area contributed by atoms with Crippen LogP contribution in [0.3, 0.4) is 0 Å². The molecule has 0 saturated heterocycles. The minimum atomic E-state index is -0.364. The molecule has 0 radical (unpaired) electrons. The summed E-state index contributed by atoms with van der Waals surface area (Å²) < 4.78 is 5.12. The fourth-order valence-electron chi connectivity index (χ4n) is 1.76. The van der Waals surface area contributed by atoms with Crippen molar-refractivity contribution in [1.82, 2.24) is 0 Å². The molecular formula is C11H15NO2. The van der Waals surface area contributed by atoms with Crippen LogP contribution in [0.4, 0.5) is 5.69 Å². The molecule has 14 heavy (non-hydrogen) atoms. The third kappa shape index (κ3) is 1.44. The van der Waals surface area contributed by atoms with Gasteiger partial charge in [0.25, 0.3) is 0 Å². The van der Waals surface area contributed by atoms with Crippen LogP contribution in [-0.4, -0.2) is 18.8 Å². The zero-order valence-electron chi connectivity index (χ0n) is 8.45. The van der Waals surface area contributed by atoms with Crippen molar-refractivity contribution in [3.63, 3.8) is 0 Å². The molecule has 0 aliphatic carbocycles. The Morgan fingerprint density at radius 2 is 2.29 bits per heavy atom. The van der Waals surface area contributed by atoms with Crippen LogP contribution >= 0.6 is 0 Å². The monoisotopic (exact) mass is 193 g/mol. The predicted molar refractivity (Wildman–Crippen MR) is 55.6 cm³/mol. The summed E-state index contributed by atoms with van der Waals surface area (Å²) in [4.78, 5) is 0. The van der Waals surface area contributed by atoms with Crippen LogP contribution < -0.4 is 10.1 Å². The topological polar surface area (TPSA) is 41.5 Å². The van der Waals surface area contributed by atoms with Crippen LogP contribution in [0.1, 0.15) is 18.6 Å².